The smallest absolute Gasteiger partial charge is 0.274 e. The van der Waals surface area contributed by atoms with Crippen molar-refractivity contribution >= 4 is 23.2 Å². The molecule has 0 fully saturated rings. The number of pyridine rings is 1. The Morgan fingerprint density at radius 3 is 2.21 bits per heavy atom. The van der Waals surface area contributed by atoms with E-state index >= 15 is 0 Å². The van der Waals surface area contributed by atoms with Crippen molar-refractivity contribution in [1.29, 1.82) is 5.26 Å². The normalized spacial score (nSPS) is 10.0. The molecule has 0 bridgehead atoms. The number of rotatable bonds is 4. The quantitative estimate of drug-likeness (QED) is 0.723. The summed E-state index contributed by atoms with van der Waals surface area (Å²) in [6.07, 6.45) is 1.42. The van der Waals surface area contributed by atoms with E-state index in [0.29, 0.717) is 22.5 Å². The maximum absolute atomic E-state index is 12.5. The van der Waals surface area contributed by atoms with Crippen molar-refractivity contribution in [1.82, 2.24) is 4.98 Å². The van der Waals surface area contributed by atoms with Crippen molar-refractivity contribution in [2.75, 3.05) is 10.6 Å². The minimum atomic E-state index is -0.392. The van der Waals surface area contributed by atoms with Crippen molar-refractivity contribution in [2.24, 2.45) is 0 Å². The molecule has 0 aliphatic rings. The first-order valence-electron chi connectivity index (χ1n) is 8.62. The molecule has 1 aromatic heterocycles. The SMILES string of the molecule is Cc1ccc(NC(=O)c2cc(C(=O)Nc3ccc(C#N)cc3)ccn2)cc1C. The Hall–Kier alpha value is -3.98. The molecule has 3 rings (SSSR count). The number of hydrogen-bond donors (Lipinski definition) is 2. The lowest BCUT2D eigenvalue weighted by molar-refractivity contribution is 0.102. The summed E-state index contributed by atoms with van der Waals surface area (Å²) >= 11 is 0. The number of anilines is 2. The Bertz CT molecular complexity index is 1080. The molecule has 3 aromatic rings. The van der Waals surface area contributed by atoms with Crippen molar-refractivity contribution in [2.45, 2.75) is 13.8 Å². The van der Waals surface area contributed by atoms with Gasteiger partial charge in [0.2, 0.25) is 0 Å². The fourth-order valence-electron chi connectivity index (χ4n) is 2.54. The van der Waals surface area contributed by atoms with E-state index in [4.69, 9.17) is 5.26 Å². The zero-order valence-corrected chi connectivity index (χ0v) is 15.5. The van der Waals surface area contributed by atoms with Gasteiger partial charge in [0.1, 0.15) is 5.69 Å². The van der Waals surface area contributed by atoms with E-state index in [0.717, 1.165) is 11.1 Å². The highest BCUT2D eigenvalue weighted by Gasteiger charge is 2.13. The third-order valence-corrected chi connectivity index (χ3v) is 4.29. The average Bonchev–Trinajstić information content (AvgIpc) is 2.71. The summed E-state index contributed by atoms with van der Waals surface area (Å²) < 4.78 is 0. The molecule has 0 spiro atoms. The molecule has 6 heteroatoms. The maximum Gasteiger partial charge on any atom is 0.274 e. The molecule has 0 atom stereocenters. The van der Waals surface area contributed by atoms with Crippen LogP contribution in [0.2, 0.25) is 0 Å². The van der Waals surface area contributed by atoms with Gasteiger partial charge in [-0.2, -0.15) is 5.26 Å². The molecule has 138 valence electrons. The summed E-state index contributed by atoms with van der Waals surface area (Å²) in [7, 11) is 0. The van der Waals surface area contributed by atoms with Crippen LogP contribution >= 0.6 is 0 Å². The highest BCUT2D eigenvalue weighted by Crippen LogP contribution is 2.16. The van der Waals surface area contributed by atoms with Crippen molar-refractivity contribution in [3.63, 3.8) is 0 Å². The fourth-order valence-corrected chi connectivity index (χ4v) is 2.54. The predicted molar refractivity (Wildman–Crippen MR) is 107 cm³/mol. The Balaban J connectivity index is 1.73. The molecule has 2 amide bonds. The van der Waals surface area contributed by atoms with Crippen molar-refractivity contribution in [3.8, 4) is 6.07 Å². The highest BCUT2D eigenvalue weighted by atomic mass is 16.2. The number of nitrogens with zero attached hydrogens (tertiary/aromatic N) is 2. The summed E-state index contributed by atoms with van der Waals surface area (Å²) in [4.78, 5) is 29.0. The van der Waals surface area contributed by atoms with Crippen LogP contribution in [0.4, 0.5) is 11.4 Å². The van der Waals surface area contributed by atoms with Gasteiger partial charge in [0, 0.05) is 23.1 Å². The van der Waals surface area contributed by atoms with E-state index in [9.17, 15) is 9.59 Å². The molecule has 0 unspecified atom stereocenters. The molecular weight excluding hydrogens is 352 g/mol. The minimum Gasteiger partial charge on any atom is -0.322 e. The largest absolute Gasteiger partial charge is 0.322 e. The van der Waals surface area contributed by atoms with Crippen LogP contribution in [0, 0.1) is 25.2 Å². The third-order valence-electron chi connectivity index (χ3n) is 4.29. The summed E-state index contributed by atoms with van der Waals surface area (Å²) in [6, 6.07) is 17.1. The first-order valence-corrected chi connectivity index (χ1v) is 8.62. The number of nitriles is 1. The Kier molecular flexibility index (Phi) is 5.47. The van der Waals surface area contributed by atoms with Crippen LogP contribution in [0.15, 0.2) is 60.8 Å². The molecule has 0 saturated carbocycles. The van der Waals surface area contributed by atoms with Crippen molar-refractivity contribution < 1.29 is 9.59 Å². The second-order valence-corrected chi connectivity index (χ2v) is 6.33. The maximum atomic E-state index is 12.5. The van der Waals surface area contributed by atoms with Crippen LogP contribution in [0.1, 0.15) is 37.5 Å². The van der Waals surface area contributed by atoms with Gasteiger partial charge in [0.05, 0.1) is 11.6 Å². The summed E-state index contributed by atoms with van der Waals surface area (Å²) in [5, 5.41) is 14.3. The van der Waals surface area contributed by atoms with Crippen LogP contribution in [-0.2, 0) is 0 Å². The highest BCUT2D eigenvalue weighted by molar-refractivity contribution is 6.07. The first-order chi connectivity index (χ1) is 13.5. The molecule has 1 heterocycles. The summed E-state index contributed by atoms with van der Waals surface area (Å²) in [6.45, 7) is 3.97. The standard InChI is InChI=1S/C22H18N4O2/c1-14-3-6-19(11-15(14)2)26-22(28)20-12-17(9-10-24-20)21(27)25-18-7-4-16(13-23)5-8-18/h3-12H,1-2H3,(H,25,27)(H,26,28). The third kappa shape index (κ3) is 4.40. The van der Waals surface area contributed by atoms with Gasteiger partial charge in [-0.25, -0.2) is 0 Å². The number of carbonyl (C=O) groups excluding carboxylic acids is 2. The van der Waals surface area contributed by atoms with E-state index in [1.165, 1.54) is 18.3 Å². The lowest BCUT2D eigenvalue weighted by Gasteiger charge is -2.09. The monoisotopic (exact) mass is 370 g/mol. The van der Waals surface area contributed by atoms with Gasteiger partial charge in [-0.15, -0.1) is 0 Å². The predicted octanol–water partition coefficient (Wildman–Crippen LogP) is 4.07. The van der Waals surface area contributed by atoms with Gasteiger partial charge >= 0.3 is 0 Å². The summed E-state index contributed by atoms with van der Waals surface area (Å²) in [5.41, 5.74) is 4.39. The number of nitrogens with one attached hydrogen (secondary N) is 2. The topological polar surface area (TPSA) is 94.9 Å². The van der Waals surface area contributed by atoms with E-state index in [2.05, 4.69) is 15.6 Å². The first kappa shape index (κ1) is 18.8. The molecule has 0 radical (unpaired) electrons. The average molecular weight is 370 g/mol. The van der Waals surface area contributed by atoms with Crippen LogP contribution in [-0.4, -0.2) is 16.8 Å². The Morgan fingerprint density at radius 2 is 1.54 bits per heavy atom. The molecule has 2 aromatic carbocycles. The Morgan fingerprint density at radius 1 is 0.857 bits per heavy atom. The zero-order chi connectivity index (χ0) is 20.1. The van der Waals surface area contributed by atoms with Crippen LogP contribution in [0.3, 0.4) is 0 Å². The number of benzene rings is 2. The molecule has 0 saturated heterocycles. The van der Waals surface area contributed by atoms with Crippen molar-refractivity contribution in [3.05, 3.63) is 88.7 Å². The molecule has 28 heavy (non-hydrogen) atoms. The number of hydrogen-bond acceptors (Lipinski definition) is 4. The number of amides is 2. The molecule has 2 N–H and O–H groups in total. The Labute approximate surface area is 162 Å². The van der Waals surface area contributed by atoms with Crippen LogP contribution in [0.25, 0.3) is 0 Å². The lowest BCUT2D eigenvalue weighted by atomic mass is 10.1. The van der Waals surface area contributed by atoms with Gasteiger partial charge in [-0.1, -0.05) is 6.07 Å². The molecule has 0 aliphatic heterocycles. The molecular formula is C22H18N4O2. The van der Waals surface area contributed by atoms with Crippen LogP contribution in [0.5, 0.6) is 0 Å². The fraction of sp³-hybridized carbons (Fsp3) is 0.0909. The second kappa shape index (κ2) is 8.14. The van der Waals surface area contributed by atoms with Gasteiger partial charge in [-0.05, 0) is 73.5 Å². The minimum absolute atomic E-state index is 0.144. The number of carbonyl (C=O) groups is 2. The second-order valence-electron chi connectivity index (χ2n) is 6.33. The van der Waals surface area contributed by atoms with E-state index in [-0.39, 0.29) is 11.6 Å². The van der Waals surface area contributed by atoms with Gasteiger partial charge in [0.15, 0.2) is 0 Å². The number of aryl methyl sites for hydroxylation is 2. The van der Waals surface area contributed by atoms with Gasteiger partial charge in [0.25, 0.3) is 11.8 Å². The summed E-state index contributed by atoms with van der Waals surface area (Å²) in [5.74, 6) is -0.761. The van der Waals surface area contributed by atoms with E-state index in [1.54, 1.807) is 24.3 Å². The van der Waals surface area contributed by atoms with Gasteiger partial charge < -0.3 is 10.6 Å². The molecule has 6 nitrogen and oxygen atoms in total. The van der Waals surface area contributed by atoms with Crippen LogP contribution < -0.4 is 10.6 Å². The lowest BCUT2D eigenvalue weighted by Crippen LogP contribution is -2.17. The van der Waals surface area contributed by atoms with E-state index < -0.39 is 5.91 Å². The van der Waals surface area contributed by atoms with Gasteiger partial charge in [-0.3, -0.25) is 14.6 Å². The number of aromatic nitrogens is 1. The zero-order valence-electron chi connectivity index (χ0n) is 15.5. The van der Waals surface area contributed by atoms with E-state index in [1.807, 2.05) is 38.1 Å². The molecule has 0 aliphatic carbocycles.